The number of imidazole rings is 1. The van der Waals surface area contributed by atoms with Crippen molar-refractivity contribution in [1.29, 1.82) is 0 Å². The van der Waals surface area contributed by atoms with Gasteiger partial charge in [-0.3, -0.25) is 4.79 Å². The molecule has 156 valence electrons. The van der Waals surface area contributed by atoms with Gasteiger partial charge in [0, 0.05) is 7.05 Å². The third-order valence-corrected chi connectivity index (χ3v) is 5.62. The number of rotatable bonds is 8. The van der Waals surface area contributed by atoms with Gasteiger partial charge in [0.25, 0.3) is 5.91 Å². The molecule has 3 aromatic carbocycles. The number of nitrogens with one attached hydrogen (secondary N) is 1. The van der Waals surface area contributed by atoms with Crippen molar-refractivity contribution < 1.29 is 9.53 Å². The Labute approximate surface area is 185 Å². The van der Waals surface area contributed by atoms with Gasteiger partial charge in [-0.1, -0.05) is 66.4 Å². The number of aromatic nitrogens is 2. The normalized spacial score (nSPS) is 11.1. The highest BCUT2D eigenvalue weighted by atomic mass is 32.2. The average Bonchev–Trinajstić information content (AvgIpc) is 3.13. The van der Waals surface area contributed by atoms with Crippen LogP contribution in [0.3, 0.4) is 0 Å². The number of hydrazone groups is 1. The Morgan fingerprint density at radius 2 is 1.90 bits per heavy atom. The lowest BCUT2D eigenvalue weighted by molar-refractivity contribution is -0.118. The molecule has 6 nitrogen and oxygen atoms in total. The zero-order valence-electron chi connectivity index (χ0n) is 17.1. The first kappa shape index (κ1) is 20.7. The maximum absolute atomic E-state index is 12.2. The van der Waals surface area contributed by atoms with E-state index in [1.807, 2.05) is 90.5 Å². The summed E-state index contributed by atoms with van der Waals surface area (Å²) in [6.07, 6.45) is 1.60. The molecule has 0 spiro atoms. The number of amides is 1. The van der Waals surface area contributed by atoms with Crippen LogP contribution in [0.25, 0.3) is 11.0 Å². The highest BCUT2D eigenvalue weighted by Gasteiger charge is 2.09. The maximum Gasteiger partial charge on any atom is 0.250 e. The monoisotopic (exact) mass is 430 g/mol. The van der Waals surface area contributed by atoms with E-state index in [0.29, 0.717) is 6.61 Å². The summed E-state index contributed by atoms with van der Waals surface area (Å²) in [5, 5.41) is 4.85. The highest BCUT2D eigenvalue weighted by molar-refractivity contribution is 7.99. The van der Waals surface area contributed by atoms with Crippen molar-refractivity contribution in [2.45, 2.75) is 11.8 Å². The molecule has 7 heteroatoms. The van der Waals surface area contributed by atoms with Gasteiger partial charge in [-0.25, -0.2) is 10.4 Å². The molecule has 4 rings (SSSR count). The Kier molecular flexibility index (Phi) is 6.64. The van der Waals surface area contributed by atoms with Crippen LogP contribution < -0.4 is 10.2 Å². The maximum atomic E-state index is 12.2. The van der Waals surface area contributed by atoms with Crippen LogP contribution in [-0.4, -0.2) is 27.4 Å². The molecular weight excluding hydrogens is 408 g/mol. The van der Waals surface area contributed by atoms with E-state index < -0.39 is 0 Å². The number of carbonyl (C=O) groups excluding carboxylic acids is 1. The second-order valence-electron chi connectivity index (χ2n) is 6.87. The van der Waals surface area contributed by atoms with Crippen molar-refractivity contribution in [3.63, 3.8) is 0 Å². The van der Waals surface area contributed by atoms with Gasteiger partial charge in [-0.15, -0.1) is 0 Å². The summed E-state index contributed by atoms with van der Waals surface area (Å²) in [7, 11) is 1.95. The van der Waals surface area contributed by atoms with E-state index in [-0.39, 0.29) is 11.7 Å². The molecule has 31 heavy (non-hydrogen) atoms. The van der Waals surface area contributed by atoms with Gasteiger partial charge in [-0.2, -0.15) is 5.10 Å². The second kappa shape index (κ2) is 9.95. The molecule has 0 saturated heterocycles. The molecular formula is C24H22N4O2S. The molecule has 0 atom stereocenters. The second-order valence-corrected chi connectivity index (χ2v) is 7.81. The standard InChI is InChI=1S/C24H22N4O2S/c1-28-22-13-6-5-12-21(22)26-24(28)31-17-23(29)27-25-15-19-10-7-11-20(14-19)30-16-18-8-3-2-4-9-18/h2-15H,16-17H2,1H3,(H,27,29)/b25-15+. The smallest absolute Gasteiger partial charge is 0.250 e. The molecule has 0 bridgehead atoms. The van der Waals surface area contributed by atoms with Crippen LogP contribution in [-0.2, 0) is 18.4 Å². The molecule has 0 aliphatic heterocycles. The molecule has 0 unspecified atom stereocenters. The number of benzene rings is 3. The van der Waals surface area contributed by atoms with Gasteiger partial charge < -0.3 is 9.30 Å². The molecule has 1 heterocycles. The number of hydrogen-bond acceptors (Lipinski definition) is 5. The van der Waals surface area contributed by atoms with Crippen molar-refractivity contribution >= 4 is 34.9 Å². The third kappa shape index (κ3) is 5.52. The molecule has 0 fully saturated rings. The van der Waals surface area contributed by atoms with E-state index in [0.717, 1.165) is 33.1 Å². The van der Waals surface area contributed by atoms with Gasteiger partial charge in [0.2, 0.25) is 0 Å². The minimum atomic E-state index is -0.190. The minimum Gasteiger partial charge on any atom is -0.489 e. The molecule has 1 amide bonds. The molecule has 1 N–H and O–H groups in total. The fraction of sp³-hybridized carbons (Fsp3) is 0.125. The van der Waals surface area contributed by atoms with Crippen molar-refractivity contribution in [3.8, 4) is 5.75 Å². The first-order valence-corrected chi connectivity index (χ1v) is 10.8. The first-order chi connectivity index (χ1) is 15.2. The van der Waals surface area contributed by atoms with E-state index in [9.17, 15) is 4.79 Å². The predicted octanol–water partition coefficient (Wildman–Crippen LogP) is 4.39. The molecule has 0 aliphatic rings. The van der Waals surface area contributed by atoms with Gasteiger partial charge in [0.1, 0.15) is 12.4 Å². The number of para-hydroxylation sites is 2. The van der Waals surface area contributed by atoms with Gasteiger partial charge >= 0.3 is 0 Å². The lowest BCUT2D eigenvalue weighted by atomic mass is 10.2. The fourth-order valence-electron chi connectivity index (χ4n) is 3.02. The molecule has 4 aromatic rings. The third-order valence-electron chi connectivity index (χ3n) is 4.59. The summed E-state index contributed by atoms with van der Waals surface area (Å²) in [5.41, 5.74) is 6.47. The molecule has 0 saturated carbocycles. The minimum absolute atomic E-state index is 0.190. The Bertz CT molecular complexity index is 1200. The van der Waals surface area contributed by atoms with Crippen LogP contribution in [0.15, 0.2) is 89.1 Å². The Morgan fingerprint density at radius 3 is 2.74 bits per heavy atom. The fourth-order valence-corrected chi connectivity index (χ4v) is 3.80. The summed E-state index contributed by atoms with van der Waals surface area (Å²) in [6, 6.07) is 25.5. The van der Waals surface area contributed by atoms with Gasteiger partial charge in [-0.05, 0) is 35.4 Å². The van der Waals surface area contributed by atoms with Crippen molar-refractivity contribution in [2.24, 2.45) is 12.1 Å². The number of ether oxygens (including phenoxy) is 1. The summed E-state index contributed by atoms with van der Waals surface area (Å²) in [4.78, 5) is 16.7. The number of hydrogen-bond donors (Lipinski definition) is 1. The van der Waals surface area contributed by atoms with Gasteiger partial charge in [0.05, 0.1) is 23.0 Å². The van der Waals surface area contributed by atoms with Crippen molar-refractivity contribution in [1.82, 2.24) is 15.0 Å². The van der Waals surface area contributed by atoms with Crippen molar-refractivity contribution in [3.05, 3.63) is 90.0 Å². The van der Waals surface area contributed by atoms with Crippen molar-refractivity contribution in [2.75, 3.05) is 5.75 Å². The van der Waals surface area contributed by atoms with Crippen LogP contribution in [0, 0.1) is 0 Å². The summed E-state index contributed by atoms with van der Waals surface area (Å²) in [5.74, 6) is 0.788. The van der Waals surface area contributed by atoms with Crippen LogP contribution in [0.5, 0.6) is 5.75 Å². The number of thioether (sulfide) groups is 1. The number of fused-ring (bicyclic) bond motifs is 1. The van der Waals surface area contributed by atoms with Crippen LogP contribution >= 0.6 is 11.8 Å². The van der Waals surface area contributed by atoms with Crippen LogP contribution in [0.2, 0.25) is 0 Å². The average molecular weight is 431 g/mol. The zero-order chi connectivity index (χ0) is 21.5. The number of nitrogens with zero attached hydrogens (tertiary/aromatic N) is 3. The molecule has 0 radical (unpaired) electrons. The van der Waals surface area contributed by atoms with E-state index in [2.05, 4.69) is 15.5 Å². The highest BCUT2D eigenvalue weighted by Crippen LogP contribution is 2.22. The quantitative estimate of drug-likeness (QED) is 0.256. The molecule has 0 aliphatic carbocycles. The SMILES string of the molecule is Cn1c(SCC(=O)N/N=C/c2cccc(OCc3ccccc3)c2)nc2ccccc21. The van der Waals surface area contributed by atoms with Crippen LogP contribution in [0.4, 0.5) is 0 Å². The topological polar surface area (TPSA) is 68.5 Å². The zero-order valence-corrected chi connectivity index (χ0v) is 17.9. The Morgan fingerprint density at radius 1 is 1.10 bits per heavy atom. The van der Waals surface area contributed by atoms with E-state index >= 15 is 0 Å². The summed E-state index contributed by atoms with van der Waals surface area (Å²) < 4.78 is 7.81. The predicted molar refractivity (Wildman–Crippen MR) is 124 cm³/mol. The van der Waals surface area contributed by atoms with E-state index in [1.54, 1.807) is 6.21 Å². The van der Waals surface area contributed by atoms with Crippen LogP contribution in [0.1, 0.15) is 11.1 Å². The summed E-state index contributed by atoms with van der Waals surface area (Å²) in [6.45, 7) is 0.498. The lowest BCUT2D eigenvalue weighted by Crippen LogP contribution is -2.19. The number of carbonyl (C=O) groups is 1. The molecule has 1 aromatic heterocycles. The Hall–Kier alpha value is -3.58. The largest absolute Gasteiger partial charge is 0.489 e. The summed E-state index contributed by atoms with van der Waals surface area (Å²) >= 11 is 1.38. The van der Waals surface area contributed by atoms with Gasteiger partial charge in [0.15, 0.2) is 5.16 Å². The van der Waals surface area contributed by atoms with E-state index in [1.165, 1.54) is 11.8 Å². The lowest BCUT2D eigenvalue weighted by Gasteiger charge is -2.06. The number of aryl methyl sites for hydroxylation is 1. The Balaban J connectivity index is 1.28. The first-order valence-electron chi connectivity index (χ1n) is 9.82. The van der Waals surface area contributed by atoms with E-state index in [4.69, 9.17) is 4.74 Å².